The molecular weight excluding hydrogens is 394 g/mol. The minimum Gasteiger partial charge on any atom is -0.364 e. The van der Waals surface area contributed by atoms with E-state index in [2.05, 4.69) is 45.0 Å². The third-order valence-electron chi connectivity index (χ3n) is 6.91. The predicted molar refractivity (Wildman–Crippen MR) is 120 cm³/mol. The molecule has 0 spiro atoms. The van der Waals surface area contributed by atoms with Crippen molar-refractivity contribution in [3.8, 4) is 5.69 Å². The summed E-state index contributed by atoms with van der Waals surface area (Å²) in [5.74, 6) is -0.0872. The lowest BCUT2D eigenvalue weighted by Gasteiger charge is -2.29. The first-order valence-electron chi connectivity index (χ1n) is 10.5. The fourth-order valence-corrected chi connectivity index (χ4v) is 5.56. The maximum absolute atomic E-state index is 12.4. The lowest BCUT2D eigenvalue weighted by Crippen LogP contribution is -2.27. The third kappa shape index (κ3) is 2.73. The van der Waals surface area contributed by atoms with E-state index in [-0.39, 0.29) is 10.8 Å². The molecule has 0 radical (unpaired) electrons. The lowest BCUT2D eigenvalue weighted by molar-refractivity contribution is 0.0993. The number of benzene rings is 2. The molecular formula is C25H26ClN3O. The van der Waals surface area contributed by atoms with Gasteiger partial charge in [-0.1, -0.05) is 56.6 Å². The Morgan fingerprint density at radius 3 is 2.40 bits per heavy atom. The first kappa shape index (κ1) is 19.4. The van der Waals surface area contributed by atoms with Crippen LogP contribution < -0.4 is 5.73 Å². The Labute approximate surface area is 182 Å². The number of aromatic nitrogens is 2. The number of carbonyl (C=O) groups excluding carboxylic acids is 1. The van der Waals surface area contributed by atoms with Crippen LogP contribution in [-0.4, -0.2) is 15.7 Å². The number of rotatable bonds is 3. The monoisotopic (exact) mass is 419 g/mol. The molecule has 30 heavy (non-hydrogen) atoms. The number of amides is 1. The van der Waals surface area contributed by atoms with Gasteiger partial charge in [0, 0.05) is 21.9 Å². The summed E-state index contributed by atoms with van der Waals surface area (Å²) in [6.07, 6.45) is 3.11. The van der Waals surface area contributed by atoms with E-state index >= 15 is 0 Å². The first-order chi connectivity index (χ1) is 14.2. The second kappa shape index (κ2) is 6.45. The van der Waals surface area contributed by atoms with Crippen molar-refractivity contribution >= 4 is 17.5 Å². The van der Waals surface area contributed by atoms with Gasteiger partial charge in [0.05, 0.1) is 11.4 Å². The minimum absolute atomic E-state index is 0.104. The van der Waals surface area contributed by atoms with E-state index in [4.69, 9.17) is 22.4 Å². The molecule has 1 amide bonds. The summed E-state index contributed by atoms with van der Waals surface area (Å²) < 4.78 is 1.92. The molecule has 154 valence electrons. The lowest BCUT2D eigenvalue weighted by atomic mass is 9.73. The Bertz CT molecular complexity index is 1140. The van der Waals surface area contributed by atoms with E-state index in [0.29, 0.717) is 16.6 Å². The van der Waals surface area contributed by atoms with E-state index in [1.54, 1.807) is 0 Å². The van der Waals surface area contributed by atoms with Gasteiger partial charge in [0.1, 0.15) is 0 Å². The summed E-state index contributed by atoms with van der Waals surface area (Å²) in [7, 11) is 0. The van der Waals surface area contributed by atoms with Crippen LogP contribution in [0.3, 0.4) is 0 Å². The van der Waals surface area contributed by atoms with Gasteiger partial charge in [-0.25, -0.2) is 4.68 Å². The van der Waals surface area contributed by atoms with E-state index in [9.17, 15) is 4.79 Å². The van der Waals surface area contributed by atoms with Crippen LogP contribution >= 0.6 is 11.6 Å². The van der Waals surface area contributed by atoms with Gasteiger partial charge >= 0.3 is 0 Å². The van der Waals surface area contributed by atoms with Gasteiger partial charge in [-0.15, -0.1) is 0 Å². The van der Waals surface area contributed by atoms with Gasteiger partial charge < -0.3 is 5.73 Å². The van der Waals surface area contributed by atoms with Gasteiger partial charge in [0.15, 0.2) is 5.69 Å². The normalized spacial score (nSPS) is 22.3. The van der Waals surface area contributed by atoms with Gasteiger partial charge in [-0.2, -0.15) is 5.10 Å². The molecule has 2 atom stereocenters. The van der Waals surface area contributed by atoms with Crippen LogP contribution in [0.4, 0.5) is 0 Å². The first-order valence-corrected chi connectivity index (χ1v) is 10.9. The maximum atomic E-state index is 12.4. The quantitative estimate of drug-likeness (QED) is 0.610. The highest BCUT2D eigenvalue weighted by Gasteiger charge is 2.54. The number of fused-ring (bicyclic) bond motifs is 5. The molecule has 4 nitrogen and oxygen atoms in total. The van der Waals surface area contributed by atoms with Crippen molar-refractivity contribution in [2.75, 3.05) is 0 Å². The summed E-state index contributed by atoms with van der Waals surface area (Å²) >= 11 is 6.08. The summed E-state index contributed by atoms with van der Waals surface area (Å²) in [6.45, 7) is 6.67. The fraction of sp³-hybridized carbons (Fsp3) is 0.360. The van der Waals surface area contributed by atoms with Gasteiger partial charge in [0.25, 0.3) is 5.91 Å². The molecule has 0 saturated heterocycles. The van der Waals surface area contributed by atoms with Crippen molar-refractivity contribution in [3.05, 3.63) is 81.6 Å². The fourth-order valence-electron chi connectivity index (χ4n) is 5.43. The molecule has 2 bridgehead atoms. The van der Waals surface area contributed by atoms with E-state index in [1.807, 2.05) is 28.9 Å². The number of halogens is 1. The number of hydrogen-bond donors (Lipinski definition) is 1. The number of primary amides is 1. The zero-order valence-electron chi connectivity index (χ0n) is 17.6. The number of carbonyl (C=O) groups is 1. The van der Waals surface area contributed by atoms with Crippen molar-refractivity contribution < 1.29 is 4.79 Å². The molecule has 0 aliphatic heterocycles. The summed E-state index contributed by atoms with van der Waals surface area (Å²) in [5, 5.41) is 5.37. The summed E-state index contributed by atoms with van der Waals surface area (Å²) in [4.78, 5) is 12.4. The molecule has 1 aromatic heterocycles. The summed E-state index contributed by atoms with van der Waals surface area (Å²) in [5.41, 5.74) is 11.8. The Morgan fingerprint density at radius 2 is 1.80 bits per heavy atom. The zero-order chi connectivity index (χ0) is 21.3. The van der Waals surface area contributed by atoms with Crippen LogP contribution in [0.5, 0.6) is 0 Å². The van der Waals surface area contributed by atoms with Crippen molar-refractivity contribution in [3.63, 3.8) is 0 Å². The Hall–Kier alpha value is -2.59. The van der Waals surface area contributed by atoms with Crippen molar-refractivity contribution in [2.24, 2.45) is 5.73 Å². The largest absolute Gasteiger partial charge is 0.364 e. The molecule has 1 heterocycles. The number of nitrogens with two attached hydrogens (primary N) is 1. The standard InChI is InChI=1S/C25H26ClN3O/c1-24(2,3)16-4-6-17(7-5-16)25-13-12-15(14-25)22-20(25)21(23(27)30)28-29(22)19-10-8-18(26)9-11-19/h4-11,15H,12-14H2,1-3H3,(H2,27,30). The SMILES string of the molecule is CC(C)(C)c1ccc(C23CCC(C2)c2c3c(C(N)=O)nn2-c2ccc(Cl)cc2)cc1. The molecule has 1 fully saturated rings. The average Bonchev–Trinajstić information content (AvgIpc) is 3.39. The van der Waals surface area contributed by atoms with Crippen molar-refractivity contribution in [1.82, 2.24) is 9.78 Å². The van der Waals surface area contributed by atoms with E-state index < -0.39 is 5.91 Å². The molecule has 5 heteroatoms. The maximum Gasteiger partial charge on any atom is 0.269 e. The Morgan fingerprint density at radius 1 is 1.13 bits per heavy atom. The Balaban J connectivity index is 1.69. The number of nitrogens with zero attached hydrogens (tertiary/aromatic N) is 2. The van der Waals surface area contributed by atoms with Crippen LogP contribution in [0.1, 0.15) is 78.8 Å². The zero-order valence-corrected chi connectivity index (χ0v) is 18.3. The van der Waals surface area contributed by atoms with Crippen molar-refractivity contribution in [1.29, 1.82) is 0 Å². The van der Waals surface area contributed by atoms with Gasteiger partial charge in [-0.3, -0.25) is 4.79 Å². The van der Waals surface area contributed by atoms with Crippen LogP contribution in [-0.2, 0) is 10.8 Å². The van der Waals surface area contributed by atoms with Crippen LogP contribution in [0, 0.1) is 0 Å². The minimum atomic E-state index is -0.461. The topological polar surface area (TPSA) is 60.9 Å². The van der Waals surface area contributed by atoms with Gasteiger partial charge in [0.2, 0.25) is 0 Å². The van der Waals surface area contributed by atoms with Crippen LogP contribution in [0.25, 0.3) is 5.69 Å². The number of hydrogen-bond acceptors (Lipinski definition) is 2. The predicted octanol–water partition coefficient (Wildman–Crippen LogP) is 5.49. The van der Waals surface area contributed by atoms with Crippen LogP contribution in [0.15, 0.2) is 48.5 Å². The van der Waals surface area contributed by atoms with E-state index in [0.717, 1.165) is 36.2 Å². The molecule has 3 aromatic rings. The van der Waals surface area contributed by atoms with E-state index in [1.165, 1.54) is 11.1 Å². The molecule has 2 aliphatic carbocycles. The molecule has 1 saturated carbocycles. The average molecular weight is 420 g/mol. The second-order valence-corrected chi connectivity index (χ2v) is 10.1. The highest BCUT2D eigenvalue weighted by atomic mass is 35.5. The highest BCUT2D eigenvalue weighted by molar-refractivity contribution is 6.30. The van der Waals surface area contributed by atoms with Crippen molar-refractivity contribution in [2.45, 2.75) is 56.8 Å². The molecule has 2 aliphatic rings. The van der Waals surface area contributed by atoms with Gasteiger partial charge in [-0.05, 0) is 60.1 Å². The Kier molecular flexibility index (Phi) is 4.17. The summed E-state index contributed by atoms with van der Waals surface area (Å²) in [6, 6.07) is 16.5. The molecule has 2 N–H and O–H groups in total. The molecule has 2 aromatic carbocycles. The third-order valence-corrected chi connectivity index (χ3v) is 7.16. The van der Waals surface area contributed by atoms with Crippen LogP contribution in [0.2, 0.25) is 5.02 Å². The smallest absolute Gasteiger partial charge is 0.269 e. The highest BCUT2D eigenvalue weighted by Crippen LogP contribution is 2.61. The molecule has 5 rings (SSSR count). The second-order valence-electron chi connectivity index (χ2n) is 9.71. The molecule has 2 unspecified atom stereocenters.